The average Bonchev–Trinajstić information content (AvgIpc) is 2.49. The van der Waals surface area contributed by atoms with Gasteiger partial charge in [0.25, 0.3) is 0 Å². The maximum Gasteiger partial charge on any atom is 0.241 e. The van der Waals surface area contributed by atoms with Crippen molar-refractivity contribution in [2.24, 2.45) is 0 Å². The van der Waals surface area contributed by atoms with Crippen molar-refractivity contribution in [3.05, 3.63) is 27.7 Å². The van der Waals surface area contributed by atoms with Crippen molar-refractivity contribution in [2.75, 3.05) is 11.6 Å². The number of hydrogen-bond acceptors (Lipinski definition) is 4. The number of rotatable bonds is 1. The molecule has 0 aliphatic heterocycles. The molecule has 1 aromatic heterocycles. The molecule has 0 aliphatic carbocycles. The van der Waals surface area contributed by atoms with Crippen molar-refractivity contribution in [3.63, 3.8) is 0 Å². The van der Waals surface area contributed by atoms with Gasteiger partial charge in [-0.25, -0.2) is 4.68 Å². The first-order valence-corrected chi connectivity index (χ1v) is 5.18. The van der Waals surface area contributed by atoms with E-state index in [2.05, 4.69) is 26.1 Å². The van der Waals surface area contributed by atoms with Crippen molar-refractivity contribution in [1.29, 1.82) is 0 Å². The fourth-order valence-corrected chi connectivity index (χ4v) is 1.92. The van der Waals surface area contributed by atoms with Crippen LogP contribution in [0.5, 0.6) is 0 Å². The largest absolute Gasteiger partial charge is 0.366 e. The lowest BCUT2D eigenvalue weighted by Crippen LogP contribution is -2.13. The molecule has 2 rings (SSSR count). The second-order valence-electron chi connectivity index (χ2n) is 2.88. The number of nitrogen functional groups attached to an aromatic ring is 2. The van der Waals surface area contributed by atoms with Crippen LogP contribution in [-0.4, -0.2) is 14.9 Å². The second-order valence-corrected chi connectivity index (χ2v) is 4.20. The van der Waals surface area contributed by atoms with E-state index in [0.717, 1.165) is 4.47 Å². The third-order valence-electron chi connectivity index (χ3n) is 1.89. The van der Waals surface area contributed by atoms with E-state index in [0.29, 0.717) is 16.4 Å². The Labute approximate surface area is 99.1 Å². The van der Waals surface area contributed by atoms with Crippen molar-refractivity contribution < 1.29 is 0 Å². The lowest BCUT2D eigenvalue weighted by atomic mass is 10.2. The summed E-state index contributed by atoms with van der Waals surface area (Å²) in [5.41, 5.74) is 6.16. The van der Waals surface area contributed by atoms with Crippen LogP contribution in [0.15, 0.2) is 22.7 Å². The zero-order valence-corrected chi connectivity index (χ0v) is 9.83. The number of aromatic nitrogens is 3. The number of nitrogens with zero attached hydrogens (tertiary/aromatic N) is 3. The van der Waals surface area contributed by atoms with Gasteiger partial charge in [-0.2, -0.15) is 0 Å². The monoisotopic (exact) mass is 287 g/mol. The molecule has 78 valence electrons. The summed E-state index contributed by atoms with van der Waals surface area (Å²) >= 11 is 9.35. The van der Waals surface area contributed by atoms with Crippen LogP contribution >= 0.6 is 27.5 Å². The molecule has 4 N–H and O–H groups in total. The van der Waals surface area contributed by atoms with E-state index in [9.17, 15) is 0 Å². The Hall–Kier alpha value is -1.27. The van der Waals surface area contributed by atoms with E-state index >= 15 is 0 Å². The number of nitrogens with two attached hydrogens (primary N) is 2. The third-order valence-corrected chi connectivity index (χ3v) is 2.70. The molecule has 0 radical (unpaired) electrons. The van der Waals surface area contributed by atoms with Crippen LogP contribution in [0.1, 0.15) is 0 Å². The van der Waals surface area contributed by atoms with Crippen LogP contribution < -0.4 is 11.6 Å². The Morgan fingerprint density at radius 3 is 2.60 bits per heavy atom. The third kappa shape index (κ3) is 1.78. The van der Waals surface area contributed by atoms with E-state index in [1.165, 1.54) is 4.68 Å². The molecule has 0 unspecified atom stereocenters. The first-order valence-electron chi connectivity index (χ1n) is 4.01. The highest BCUT2D eigenvalue weighted by Crippen LogP contribution is 2.28. The minimum Gasteiger partial charge on any atom is -0.366 e. The van der Waals surface area contributed by atoms with E-state index in [1.54, 1.807) is 12.1 Å². The van der Waals surface area contributed by atoms with E-state index in [1.807, 2.05) is 6.07 Å². The topological polar surface area (TPSA) is 82.8 Å². The lowest BCUT2D eigenvalue weighted by Gasteiger charge is -2.03. The number of hydrogen-bond donors (Lipinski definition) is 2. The highest BCUT2D eigenvalue weighted by atomic mass is 79.9. The Morgan fingerprint density at radius 1 is 1.33 bits per heavy atom. The standard InChI is InChI=1S/C8H7BrClN5/c9-4-1-2-5(6(10)3-4)7-13-14-8(11)15(7)12/h1-3H,12H2,(H2,11,14). The predicted octanol–water partition coefficient (Wildman–Crippen LogP) is 1.66. The van der Waals surface area contributed by atoms with Gasteiger partial charge in [0.05, 0.1) is 5.02 Å². The van der Waals surface area contributed by atoms with Crippen LogP contribution in [0.25, 0.3) is 11.4 Å². The van der Waals surface area contributed by atoms with Gasteiger partial charge < -0.3 is 11.6 Å². The first-order chi connectivity index (χ1) is 7.09. The molecule has 0 spiro atoms. The Kier molecular flexibility index (Phi) is 2.54. The van der Waals surface area contributed by atoms with E-state index < -0.39 is 0 Å². The van der Waals surface area contributed by atoms with E-state index in [-0.39, 0.29) is 5.95 Å². The average molecular weight is 289 g/mol. The molecule has 5 nitrogen and oxygen atoms in total. The molecular weight excluding hydrogens is 281 g/mol. The highest BCUT2D eigenvalue weighted by molar-refractivity contribution is 9.10. The number of halogens is 2. The molecular formula is C8H7BrClN5. The Morgan fingerprint density at radius 2 is 2.07 bits per heavy atom. The van der Waals surface area contributed by atoms with Gasteiger partial charge in [-0.15, -0.1) is 10.2 Å². The number of benzene rings is 1. The summed E-state index contributed by atoms with van der Waals surface area (Å²) in [6.45, 7) is 0. The zero-order chi connectivity index (χ0) is 11.0. The molecule has 1 heterocycles. The van der Waals surface area contributed by atoms with Crippen LogP contribution in [0, 0.1) is 0 Å². The fourth-order valence-electron chi connectivity index (χ4n) is 1.16. The van der Waals surface area contributed by atoms with Crippen LogP contribution in [-0.2, 0) is 0 Å². The van der Waals surface area contributed by atoms with Crippen LogP contribution in [0.3, 0.4) is 0 Å². The summed E-state index contributed by atoms with van der Waals surface area (Å²) < 4.78 is 2.07. The molecule has 15 heavy (non-hydrogen) atoms. The molecule has 0 fully saturated rings. The van der Waals surface area contributed by atoms with Crippen LogP contribution in [0.4, 0.5) is 5.95 Å². The normalized spacial score (nSPS) is 10.5. The molecule has 0 atom stereocenters. The minimum absolute atomic E-state index is 0.143. The lowest BCUT2D eigenvalue weighted by molar-refractivity contribution is 1.02. The zero-order valence-electron chi connectivity index (χ0n) is 7.48. The summed E-state index contributed by atoms with van der Waals surface area (Å²) in [5.74, 6) is 6.22. The van der Waals surface area contributed by atoms with Gasteiger partial charge in [-0.1, -0.05) is 27.5 Å². The van der Waals surface area contributed by atoms with Gasteiger partial charge in [0, 0.05) is 10.0 Å². The van der Waals surface area contributed by atoms with Crippen molar-refractivity contribution in [3.8, 4) is 11.4 Å². The van der Waals surface area contributed by atoms with Gasteiger partial charge in [0.15, 0.2) is 5.82 Å². The first kappa shape index (κ1) is 10.3. The summed E-state index contributed by atoms with van der Waals surface area (Å²) in [6.07, 6.45) is 0. The maximum absolute atomic E-state index is 6.04. The van der Waals surface area contributed by atoms with Gasteiger partial charge in [0.1, 0.15) is 0 Å². The van der Waals surface area contributed by atoms with Gasteiger partial charge in [0.2, 0.25) is 5.95 Å². The summed E-state index contributed by atoms with van der Waals surface area (Å²) in [4.78, 5) is 0. The number of anilines is 1. The van der Waals surface area contributed by atoms with Crippen LogP contribution in [0.2, 0.25) is 5.02 Å². The van der Waals surface area contributed by atoms with Gasteiger partial charge in [-0.3, -0.25) is 0 Å². The molecule has 0 aliphatic rings. The second kappa shape index (κ2) is 3.71. The SMILES string of the molecule is Nc1nnc(-c2ccc(Br)cc2Cl)n1N. The summed E-state index contributed by atoms with van der Waals surface area (Å²) in [5, 5.41) is 8.02. The maximum atomic E-state index is 6.04. The Balaban J connectivity index is 2.59. The molecule has 2 aromatic rings. The highest BCUT2D eigenvalue weighted by Gasteiger charge is 2.12. The summed E-state index contributed by atoms with van der Waals surface area (Å²) in [6, 6.07) is 5.38. The van der Waals surface area contributed by atoms with Gasteiger partial charge >= 0.3 is 0 Å². The van der Waals surface area contributed by atoms with Crippen molar-refractivity contribution in [1.82, 2.24) is 14.9 Å². The molecule has 0 amide bonds. The van der Waals surface area contributed by atoms with E-state index in [4.69, 9.17) is 23.2 Å². The minimum atomic E-state index is 0.143. The molecule has 7 heteroatoms. The molecule has 1 aromatic carbocycles. The summed E-state index contributed by atoms with van der Waals surface area (Å²) in [7, 11) is 0. The van der Waals surface area contributed by atoms with Crippen molar-refractivity contribution in [2.45, 2.75) is 0 Å². The quantitative estimate of drug-likeness (QED) is 0.782. The Bertz CT molecular complexity index is 510. The molecule has 0 bridgehead atoms. The molecule has 0 saturated heterocycles. The smallest absolute Gasteiger partial charge is 0.241 e. The van der Waals surface area contributed by atoms with Crippen molar-refractivity contribution >= 4 is 33.5 Å². The van der Waals surface area contributed by atoms with Gasteiger partial charge in [-0.05, 0) is 18.2 Å². The predicted molar refractivity (Wildman–Crippen MR) is 62.7 cm³/mol. The fraction of sp³-hybridized carbons (Fsp3) is 0. The molecule has 0 saturated carbocycles.